The second-order valence-corrected chi connectivity index (χ2v) is 7.22. The number of nitrogens with one attached hydrogen (secondary N) is 2. The number of hydrogen-bond acceptors (Lipinski definition) is 3. The number of carbonyl (C=O) groups is 1. The Morgan fingerprint density at radius 1 is 1.08 bits per heavy atom. The largest absolute Gasteiger partial charge is 0.333 e. The molecule has 1 aliphatic rings. The minimum Gasteiger partial charge on any atom is -0.333 e. The average molecular weight is 337 g/mol. The van der Waals surface area contributed by atoms with Crippen LogP contribution in [-0.4, -0.2) is 15.9 Å². The fourth-order valence-corrected chi connectivity index (χ4v) is 3.93. The summed E-state index contributed by atoms with van der Waals surface area (Å²) in [5.41, 5.74) is 2.88. The van der Waals surface area contributed by atoms with E-state index in [1.54, 1.807) is 11.8 Å². The van der Waals surface area contributed by atoms with Crippen LogP contribution in [0.4, 0.5) is 5.69 Å². The normalized spacial score (nSPS) is 15.0. The zero-order chi connectivity index (χ0) is 16.4. The van der Waals surface area contributed by atoms with Crippen molar-refractivity contribution in [2.45, 2.75) is 35.7 Å². The number of para-hydroxylation sites is 2. The smallest absolute Gasteiger partial charge is 0.227 e. The van der Waals surface area contributed by atoms with Gasteiger partial charge in [0.1, 0.15) is 0 Å². The van der Waals surface area contributed by atoms with Crippen LogP contribution in [0.3, 0.4) is 0 Å². The summed E-state index contributed by atoms with van der Waals surface area (Å²) in [6, 6.07) is 15.9. The van der Waals surface area contributed by atoms with Crippen molar-refractivity contribution < 1.29 is 4.79 Å². The molecule has 1 fully saturated rings. The van der Waals surface area contributed by atoms with Crippen LogP contribution in [0.5, 0.6) is 0 Å². The monoisotopic (exact) mass is 337 g/mol. The topological polar surface area (TPSA) is 57.8 Å². The van der Waals surface area contributed by atoms with Gasteiger partial charge in [-0.25, -0.2) is 4.98 Å². The molecular formula is C19H19N3OS. The maximum absolute atomic E-state index is 12.2. The molecule has 1 saturated carbocycles. The van der Waals surface area contributed by atoms with Crippen molar-refractivity contribution in [1.29, 1.82) is 0 Å². The Balaban J connectivity index is 1.42. The molecule has 1 heterocycles. The first kappa shape index (κ1) is 15.3. The summed E-state index contributed by atoms with van der Waals surface area (Å²) >= 11 is 1.59. The number of hydrogen-bond donors (Lipinski definition) is 2. The van der Waals surface area contributed by atoms with Gasteiger partial charge >= 0.3 is 0 Å². The summed E-state index contributed by atoms with van der Waals surface area (Å²) in [5.74, 6) is 0.347. The van der Waals surface area contributed by atoms with Crippen LogP contribution < -0.4 is 5.32 Å². The SMILES string of the molecule is O=C(Nc1ccc(Sc2nc3ccccc3[nH]2)cc1)C1CCCC1. The zero-order valence-electron chi connectivity index (χ0n) is 13.3. The van der Waals surface area contributed by atoms with Crippen molar-refractivity contribution in [3.63, 3.8) is 0 Å². The molecule has 24 heavy (non-hydrogen) atoms. The molecule has 2 N–H and O–H groups in total. The van der Waals surface area contributed by atoms with Gasteiger partial charge in [0.05, 0.1) is 11.0 Å². The van der Waals surface area contributed by atoms with E-state index < -0.39 is 0 Å². The molecule has 4 rings (SSSR count). The van der Waals surface area contributed by atoms with E-state index in [-0.39, 0.29) is 11.8 Å². The molecule has 122 valence electrons. The number of carbonyl (C=O) groups excluding carboxylic acids is 1. The molecule has 1 amide bonds. The summed E-state index contributed by atoms with van der Waals surface area (Å²) < 4.78 is 0. The van der Waals surface area contributed by atoms with E-state index in [1.165, 1.54) is 12.8 Å². The highest BCUT2D eigenvalue weighted by molar-refractivity contribution is 7.99. The van der Waals surface area contributed by atoms with Crippen molar-refractivity contribution in [1.82, 2.24) is 9.97 Å². The van der Waals surface area contributed by atoms with Crippen LogP contribution in [0.2, 0.25) is 0 Å². The number of amides is 1. The number of imidazole rings is 1. The van der Waals surface area contributed by atoms with Crippen LogP contribution in [0, 0.1) is 5.92 Å². The Morgan fingerprint density at radius 2 is 1.83 bits per heavy atom. The number of rotatable bonds is 4. The minimum absolute atomic E-state index is 0.158. The standard InChI is InChI=1S/C19H19N3OS/c23-18(13-5-1-2-6-13)20-14-9-11-15(12-10-14)24-19-21-16-7-3-4-8-17(16)22-19/h3-4,7-13H,1-2,5-6H2,(H,20,23)(H,21,22). The van der Waals surface area contributed by atoms with Crippen molar-refractivity contribution in [2.75, 3.05) is 5.32 Å². The highest BCUT2D eigenvalue weighted by Crippen LogP contribution is 2.29. The quantitative estimate of drug-likeness (QED) is 0.716. The number of H-pyrrole nitrogens is 1. The maximum atomic E-state index is 12.2. The minimum atomic E-state index is 0.158. The lowest BCUT2D eigenvalue weighted by Gasteiger charge is -2.10. The van der Waals surface area contributed by atoms with Crippen molar-refractivity contribution in [3.8, 4) is 0 Å². The van der Waals surface area contributed by atoms with E-state index in [9.17, 15) is 4.79 Å². The summed E-state index contributed by atoms with van der Waals surface area (Å²) in [6.45, 7) is 0. The van der Waals surface area contributed by atoms with Gasteiger partial charge in [0.15, 0.2) is 5.16 Å². The summed E-state index contributed by atoms with van der Waals surface area (Å²) in [5, 5.41) is 3.90. The van der Waals surface area contributed by atoms with Gasteiger partial charge in [-0.1, -0.05) is 36.7 Å². The first-order chi connectivity index (χ1) is 11.8. The van der Waals surface area contributed by atoms with Gasteiger partial charge in [0.2, 0.25) is 5.91 Å². The van der Waals surface area contributed by atoms with E-state index in [4.69, 9.17) is 0 Å². The Kier molecular flexibility index (Phi) is 4.26. The number of benzene rings is 2. The summed E-state index contributed by atoms with van der Waals surface area (Å²) in [6.07, 6.45) is 4.38. The number of aromatic nitrogens is 2. The van der Waals surface area contributed by atoms with E-state index in [0.29, 0.717) is 0 Å². The molecule has 1 aliphatic carbocycles. The fraction of sp³-hybridized carbons (Fsp3) is 0.263. The number of anilines is 1. The molecule has 0 saturated heterocycles. The van der Waals surface area contributed by atoms with Gasteiger partial charge in [-0.15, -0.1) is 0 Å². The van der Waals surface area contributed by atoms with Gasteiger partial charge in [0.25, 0.3) is 0 Å². The van der Waals surface area contributed by atoms with Crippen molar-refractivity contribution >= 4 is 34.4 Å². The predicted octanol–water partition coefficient (Wildman–Crippen LogP) is 4.84. The zero-order valence-corrected chi connectivity index (χ0v) is 14.1. The molecule has 1 aromatic heterocycles. The van der Waals surface area contributed by atoms with Gasteiger partial charge in [-0.05, 0) is 49.2 Å². The molecule has 0 bridgehead atoms. The summed E-state index contributed by atoms with van der Waals surface area (Å²) in [4.78, 5) is 21.1. The highest BCUT2D eigenvalue weighted by Gasteiger charge is 2.22. The molecule has 0 aliphatic heterocycles. The molecule has 5 heteroatoms. The molecule has 2 aromatic carbocycles. The predicted molar refractivity (Wildman–Crippen MR) is 97.2 cm³/mol. The van der Waals surface area contributed by atoms with E-state index in [0.717, 1.165) is 39.6 Å². The molecule has 0 radical (unpaired) electrons. The molecule has 0 spiro atoms. The lowest BCUT2D eigenvalue weighted by molar-refractivity contribution is -0.119. The van der Waals surface area contributed by atoms with Crippen LogP contribution in [0.1, 0.15) is 25.7 Å². The number of fused-ring (bicyclic) bond motifs is 1. The summed E-state index contributed by atoms with van der Waals surface area (Å²) in [7, 11) is 0. The maximum Gasteiger partial charge on any atom is 0.227 e. The third kappa shape index (κ3) is 3.31. The second kappa shape index (κ2) is 6.69. The number of aromatic amines is 1. The lowest BCUT2D eigenvalue weighted by Crippen LogP contribution is -2.20. The van der Waals surface area contributed by atoms with Gasteiger partial charge in [-0.3, -0.25) is 4.79 Å². The Bertz CT molecular complexity index is 817. The van der Waals surface area contributed by atoms with E-state index in [2.05, 4.69) is 15.3 Å². The third-order valence-electron chi connectivity index (χ3n) is 4.43. The molecular weight excluding hydrogens is 318 g/mol. The van der Waals surface area contributed by atoms with Gasteiger partial charge in [0, 0.05) is 16.5 Å². The average Bonchev–Trinajstić information content (AvgIpc) is 3.25. The first-order valence-electron chi connectivity index (χ1n) is 8.31. The van der Waals surface area contributed by atoms with Crippen LogP contribution >= 0.6 is 11.8 Å². The van der Waals surface area contributed by atoms with Crippen molar-refractivity contribution in [2.24, 2.45) is 5.92 Å². The van der Waals surface area contributed by atoms with E-state index >= 15 is 0 Å². The third-order valence-corrected chi connectivity index (χ3v) is 5.32. The Hall–Kier alpha value is -2.27. The lowest BCUT2D eigenvalue weighted by atomic mass is 10.1. The fourth-order valence-electron chi connectivity index (χ4n) is 3.13. The molecule has 3 aromatic rings. The van der Waals surface area contributed by atoms with E-state index in [1.807, 2.05) is 48.5 Å². The van der Waals surface area contributed by atoms with Crippen LogP contribution in [0.25, 0.3) is 11.0 Å². The Labute approximate surface area is 145 Å². The van der Waals surface area contributed by atoms with Gasteiger partial charge < -0.3 is 10.3 Å². The van der Waals surface area contributed by atoms with Crippen LogP contribution in [-0.2, 0) is 4.79 Å². The number of nitrogens with zero attached hydrogens (tertiary/aromatic N) is 1. The highest BCUT2D eigenvalue weighted by atomic mass is 32.2. The molecule has 4 nitrogen and oxygen atoms in total. The first-order valence-corrected chi connectivity index (χ1v) is 9.13. The second-order valence-electron chi connectivity index (χ2n) is 6.16. The molecule has 0 unspecified atom stereocenters. The van der Waals surface area contributed by atoms with Gasteiger partial charge in [-0.2, -0.15) is 0 Å². The van der Waals surface area contributed by atoms with Crippen LogP contribution in [0.15, 0.2) is 58.6 Å². The molecule has 0 atom stereocenters. The van der Waals surface area contributed by atoms with Crippen molar-refractivity contribution in [3.05, 3.63) is 48.5 Å². The Morgan fingerprint density at radius 3 is 2.58 bits per heavy atom.